The zero-order chi connectivity index (χ0) is 15.1. The van der Waals surface area contributed by atoms with E-state index in [1.807, 2.05) is 36.4 Å². The number of carbonyl (C=O) groups is 1. The molecule has 1 nitrogen and oxygen atoms in total. The third-order valence-corrected chi connectivity index (χ3v) is 4.22. The summed E-state index contributed by atoms with van der Waals surface area (Å²) in [4.78, 5) is 12.7. The molecule has 110 valence electrons. The van der Waals surface area contributed by atoms with E-state index in [-0.39, 0.29) is 5.92 Å². The van der Waals surface area contributed by atoms with E-state index in [0.717, 1.165) is 18.4 Å². The summed E-state index contributed by atoms with van der Waals surface area (Å²) in [6, 6.07) is 20.5. The van der Waals surface area contributed by atoms with Crippen molar-refractivity contribution in [2.24, 2.45) is 5.92 Å². The van der Waals surface area contributed by atoms with Crippen molar-refractivity contribution in [1.82, 2.24) is 0 Å². The van der Waals surface area contributed by atoms with Crippen LogP contribution in [0.5, 0.6) is 0 Å². The number of aryl methyl sites for hydroxylation is 1. The van der Waals surface area contributed by atoms with E-state index in [1.54, 1.807) is 0 Å². The molecule has 0 spiro atoms. The molecule has 0 radical (unpaired) electrons. The summed E-state index contributed by atoms with van der Waals surface area (Å²) in [6.45, 7) is 4.34. The summed E-state index contributed by atoms with van der Waals surface area (Å²) in [5, 5.41) is 0. The van der Waals surface area contributed by atoms with E-state index in [0.29, 0.717) is 18.1 Å². The minimum atomic E-state index is 0.0277. The van der Waals surface area contributed by atoms with Crippen molar-refractivity contribution < 1.29 is 4.79 Å². The molecule has 0 saturated heterocycles. The largest absolute Gasteiger partial charge is 0.299 e. The summed E-state index contributed by atoms with van der Waals surface area (Å²) in [5.74, 6) is 0.773. The highest BCUT2D eigenvalue weighted by Gasteiger charge is 2.25. The van der Waals surface area contributed by atoms with E-state index in [4.69, 9.17) is 0 Å². The Kier molecular flexibility index (Phi) is 5.74. The molecule has 0 aliphatic rings. The van der Waals surface area contributed by atoms with Gasteiger partial charge in [0.1, 0.15) is 5.78 Å². The number of rotatable bonds is 7. The minimum absolute atomic E-state index is 0.0277. The molecule has 2 atom stereocenters. The maximum atomic E-state index is 12.7. The van der Waals surface area contributed by atoms with Gasteiger partial charge in [-0.3, -0.25) is 4.79 Å². The van der Waals surface area contributed by atoms with Crippen molar-refractivity contribution >= 4 is 5.78 Å². The average Bonchev–Trinajstić information content (AvgIpc) is 2.55. The maximum absolute atomic E-state index is 12.7. The van der Waals surface area contributed by atoms with Gasteiger partial charge in [0.15, 0.2) is 0 Å². The Morgan fingerprint density at radius 2 is 1.52 bits per heavy atom. The molecular weight excluding hydrogens is 256 g/mol. The monoisotopic (exact) mass is 280 g/mol. The van der Waals surface area contributed by atoms with Crippen LogP contribution in [0.15, 0.2) is 60.7 Å². The average molecular weight is 280 g/mol. The SMILES string of the molecule is CCC(C)C(C(=O)CCc1ccccc1)c1ccccc1. The lowest BCUT2D eigenvalue weighted by Crippen LogP contribution is -2.20. The van der Waals surface area contributed by atoms with E-state index in [2.05, 4.69) is 38.1 Å². The zero-order valence-corrected chi connectivity index (χ0v) is 13.0. The molecule has 0 N–H and O–H groups in total. The van der Waals surface area contributed by atoms with Gasteiger partial charge in [-0.25, -0.2) is 0 Å². The molecule has 2 aromatic carbocycles. The molecule has 0 aromatic heterocycles. The lowest BCUT2D eigenvalue weighted by Gasteiger charge is -2.22. The number of hydrogen-bond donors (Lipinski definition) is 0. The van der Waals surface area contributed by atoms with Crippen LogP contribution in [0, 0.1) is 5.92 Å². The summed E-state index contributed by atoms with van der Waals surface area (Å²) in [5.41, 5.74) is 2.40. The van der Waals surface area contributed by atoms with Gasteiger partial charge in [-0.1, -0.05) is 80.9 Å². The highest BCUT2D eigenvalue weighted by molar-refractivity contribution is 5.86. The summed E-state index contributed by atoms with van der Waals surface area (Å²) in [7, 11) is 0. The van der Waals surface area contributed by atoms with E-state index in [1.165, 1.54) is 5.56 Å². The van der Waals surface area contributed by atoms with Crippen LogP contribution in [-0.4, -0.2) is 5.78 Å². The van der Waals surface area contributed by atoms with Crippen molar-refractivity contribution in [1.29, 1.82) is 0 Å². The number of Topliss-reactive ketones (excluding diaryl/α,β-unsaturated/α-hetero) is 1. The van der Waals surface area contributed by atoms with E-state index in [9.17, 15) is 4.79 Å². The van der Waals surface area contributed by atoms with Crippen LogP contribution in [-0.2, 0) is 11.2 Å². The Morgan fingerprint density at radius 1 is 0.952 bits per heavy atom. The number of benzene rings is 2. The van der Waals surface area contributed by atoms with Gasteiger partial charge >= 0.3 is 0 Å². The van der Waals surface area contributed by atoms with Crippen molar-refractivity contribution in [2.75, 3.05) is 0 Å². The first kappa shape index (κ1) is 15.5. The quantitative estimate of drug-likeness (QED) is 0.696. The molecule has 21 heavy (non-hydrogen) atoms. The van der Waals surface area contributed by atoms with Gasteiger partial charge in [0.25, 0.3) is 0 Å². The van der Waals surface area contributed by atoms with Crippen LogP contribution in [0.4, 0.5) is 0 Å². The Labute approximate surface area is 128 Å². The standard InChI is InChI=1S/C20H24O/c1-3-16(2)20(18-12-8-5-9-13-18)19(21)15-14-17-10-6-4-7-11-17/h4-13,16,20H,3,14-15H2,1-2H3. The Balaban J connectivity index is 2.08. The smallest absolute Gasteiger partial charge is 0.140 e. The minimum Gasteiger partial charge on any atom is -0.299 e. The van der Waals surface area contributed by atoms with Gasteiger partial charge in [-0.2, -0.15) is 0 Å². The van der Waals surface area contributed by atoms with Gasteiger partial charge in [0.2, 0.25) is 0 Å². The number of ketones is 1. The predicted octanol–water partition coefficient (Wildman–Crippen LogP) is 5.02. The summed E-state index contributed by atoms with van der Waals surface area (Å²) in [6.07, 6.45) is 2.48. The molecular formula is C20H24O. The third-order valence-electron chi connectivity index (χ3n) is 4.22. The lowest BCUT2D eigenvalue weighted by atomic mass is 9.81. The summed E-state index contributed by atoms with van der Waals surface area (Å²) >= 11 is 0. The fourth-order valence-electron chi connectivity index (χ4n) is 2.80. The first-order chi connectivity index (χ1) is 10.2. The second kappa shape index (κ2) is 7.78. The maximum Gasteiger partial charge on any atom is 0.140 e. The van der Waals surface area contributed by atoms with Crippen LogP contribution < -0.4 is 0 Å². The van der Waals surface area contributed by atoms with E-state index >= 15 is 0 Å². The highest BCUT2D eigenvalue weighted by atomic mass is 16.1. The van der Waals surface area contributed by atoms with Crippen molar-refractivity contribution in [2.45, 2.75) is 39.0 Å². The molecule has 2 unspecified atom stereocenters. The van der Waals surface area contributed by atoms with Gasteiger partial charge in [0, 0.05) is 12.3 Å². The van der Waals surface area contributed by atoms with Gasteiger partial charge in [-0.05, 0) is 23.5 Å². The third kappa shape index (κ3) is 4.29. The van der Waals surface area contributed by atoms with Crippen LogP contribution in [0.25, 0.3) is 0 Å². The molecule has 2 aromatic rings. The van der Waals surface area contributed by atoms with Gasteiger partial charge in [-0.15, -0.1) is 0 Å². The second-order valence-corrected chi connectivity index (χ2v) is 5.73. The van der Waals surface area contributed by atoms with Crippen LogP contribution in [0.1, 0.15) is 43.7 Å². The fraction of sp³-hybridized carbons (Fsp3) is 0.350. The van der Waals surface area contributed by atoms with Crippen molar-refractivity contribution in [3.63, 3.8) is 0 Å². The lowest BCUT2D eigenvalue weighted by molar-refractivity contribution is -0.121. The van der Waals surface area contributed by atoms with Crippen LogP contribution in [0.2, 0.25) is 0 Å². The molecule has 0 aliphatic carbocycles. The summed E-state index contributed by atoms with van der Waals surface area (Å²) < 4.78 is 0. The van der Waals surface area contributed by atoms with Crippen LogP contribution in [0.3, 0.4) is 0 Å². The number of hydrogen-bond acceptors (Lipinski definition) is 1. The molecule has 0 bridgehead atoms. The Morgan fingerprint density at radius 3 is 2.10 bits per heavy atom. The molecule has 1 heteroatoms. The van der Waals surface area contributed by atoms with Crippen molar-refractivity contribution in [3.8, 4) is 0 Å². The molecule has 0 amide bonds. The second-order valence-electron chi connectivity index (χ2n) is 5.73. The topological polar surface area (TPSA) is 17.1 Å². The molecule has 0 fully saturated rings. The van der Waals surface area contributed by atoms with Gasteiger partial charge in [0.05, 0.1) is 0 Å². The zero-order valence-electron chi connectivity index (χ0n) is 13.0. The first-order valence-corrected chi connectivity index (χ1v) is 7.84. The van der Waals surface area contributed by atoms with Crippen molar-refractivity contribution in [3.05, 3.63) is 71.8 Å². The highest BCUT2D eigenvalue weighted by Crippen LogP contribution is 2.29. The number of carbonyl (C=O) groups excluding carboxylic acids is 1. The first-order valence-electron chi connectivity index (χ1n) is 7.84. The predicted molar refractivity (Wildman–Crippen MR) is 88.4 cm³/mol. The molecule has 0 saturated carbocycles. The van der Waals surface area contributed by atoms with Crippen LogP contribution >= 0.6 is 0 Å². The molecule has 0 aliphatic heterocycles. The Hall–Kier alpha value is -1.89. The normalized spacial score (nSPS) is 13.6. The fourth-order valence-corrected chi connectivity index (χ4v) is 2.80. The molecule has 2 rings (SSSR count). The van der Waals surface area contributed by atoms with Gasteiger partial charge < -0.3 is 0 Å². The Bertz CT molecular complexity index is 545. The van der Waals surface area contributed by atoms with E-state index < -0.39 is 0 Å². The molecule has 0 heterocycles.